The molecule has 3 aromatic rings. The quantitative estimate of drug-likeness (QED) is 0.260. The highest BCUT2D eigenvalue weighted by atomic mass is 16.6. The first-order valence-electron chi connectivity index (χ1n) is 12.9. The lowest BCUT2D eigenvalue weighted by Gasteiger charge is -2.38. The summed E-state index contributed by atoms with van der Waals surface area (Å²) in [7, 11) is 0. The monoisotopic (exact) mass is 531 g/mol. The summed E-state index contributed by atoms with van der Waals surface area (Å²) < 4.78 is 17.0. The van der Waals surface area contributed by atoms with Crippen molar-refractivity contribution in [3.8, 4) is 0 Å². The van der Waals surface area contributed by atoms with Crippen molar-refractivity contribution < 1.29 is 28.6 Å². The van der Waals surface area contributed by atoms with Gasteiger partial charge < -0.3 is 24.8 Å². The zero-order chi connectivity index (χ0) is 27.3. The van der Waals surface area contributed by atoms with Gasteiger partial charge >= 0.3 is 18.0 Å². The summed E-state index contributed by atoms with van der Waals surface area (Å²) in [6.07, 6.45) is -0.822. The highest BCUT2D eigenvalue weighted by Crippen LogP contribution is 2.24. The average Bonchev–Trinajstić information content (AvgIpc) is 3.10. The number of hydrogen-bond acceptors (Lipinski definition) is 8. The Morgan fingerprint density at radius 1 is 0.615 bits per heavy atom. The number of amides is 1. The summed E-state index contributed by atoms with van der Waals surface area (Å²) in [6, 6.07) is 27.4. The Bertz CT molecular complexity index is 1150. The van der Waals surface area contributed by atoms with Gasteiger partial charge in [-0.2, -0.15) is 0 Å². The predicted octanol–water partition coefficient (Wildman–Crippen LogP) is 3.04. The molecule has 9 heteroatoms. The van der Waals surface area contributed by atoms with Gasteiger partial charge in [0.1, 0.15) is 19.8 Å². The van der Waals surface area contributed by atoms with E-state index in [1.54, 1.807) is 0 Å². The summed E-state index contributed by atoms with van der Waals surface area (Å²) in [5, 5.41) is 6.32. The van der Waals surface area contributed by atoms with Gasteiger partial charge in [-0.05, 0) is 16.7 Å². The van der Waals surface area contributed by atoms with Crippen LogP contribution in [0.4, 0.5) is 4.79 Å². The minimum absolute atomic E-state index is 0.0226. The molecule has 0 atom stereocenters. The van der Waals surface area contributed by atoms with Crippen molar-refractivity contribution in [3.05, 3.63) is 108 Å². The normalized spacial score (nSPS) is 15.2. The largest absolute Gasteiger partial charge is 0.459 e. The van der Waals surface area contributed by atoms with Crippen LogP contribution in [0.5, 0.6) is 0 Å². The van der Waals surface area contributed by atoms with Gasteiger partial charge in [0, 0.05) is 32.7 Å². The molecule has 1 aliphatic heterocycles. The third kappa shape index (κ3) is 7.43. The fourth-order valence-corrected chi connectivity index (χ4v) is 4.23. The summed E-state index contributed by atoms with van der Waals surface area (Å²) in [4.78, 5) is 42.4. The van der Waals surface area contributed by atoms with Gasteiger partial charge in [-0.1, -0.05) is 91.0 Å². The highest BCUT2D eigenvalue weighted by Gasteiger charge is 2.56. The number of hydrogen-bond donors (Lipinski definition) is 2. The first kappa shape index (κ1) is 27.8. The van der Waals surface area contributed by atoms with Crippen molar-refractivity contribution in [1.82, 2.24) is 15.5 Å². The molecule has 0 unspecified atom stereocenters. The molecule has 1 fully saturated rings. The molecule has 4 rings (SSSR count). The molecule has 2 N–H and O–H groups in total. The molecule has 1 saturated heterocycles. The van der Waals surface area contributed by atoms with Gasteiger partial charge in [0.15, 0.2) is 0 Å². The van der Waals surface area contributed by atoms with E-state index in [2.05, 4.69) is 10.6 Å². The van der Waals surface area contributed by atoms with Gasteiger partial charge in [-0.15, -0.1) is 0 Å². The van der Waals surface area contributed by atoms with Crippen LogP contribution in [0.3, 0.4) is 0 Å². The van der Waals surface area contributed by atoms with Crippen LogP contribution in [0.15, 0.2) is 91.0 Å². The summed E-state index contributed by atoms with van der Waals surface area (Å²) in [5.74, 6) is -1.79. The Morgan fingerprint density at radius 2 is 1.05 bits per heavy atom. The molecule has 0 aliphatic carbocycles. The molecule has 9 nitrogen and oxygen atoms in total. The van der Waals surface area contributed by atoms with Crippen molar-refractivity contribution in [2.75, 3.05) is 32.7 Å². The first-order chi connectivity index (χ1) is 19.1. The molecule has 0 saturated carbocycles. The number of carbonyl (C=O) groups excluding carboxylic acids is 3. The molecule has 1 amide bonds. The fraction of sp³-hybridized carbons (Fsp3) is 0.300. The van der Waals surface area contributed by atoms with E-state index in [-0.39, 0.29) is 32.9 Å². The zero-order valence-corrected chi connectivity index (χ0v) is 21.7. The van der Waals surface area contributed by atoms with Gasteiger partial charge in [0.05, 0.1) is 0 Å². The third-order valence-electron chi connectivity index (χ3n) is 6.36. The molecule has 1 heterocycles. The molecule has 1 aliphatic rings. The number of ether oxygens (including phenoxy) is 3. The Morgan fingerprint density at radius 3 is 1.54 bits per heavy atom. The maximum Gasteiger partial charge on any atom is 0.411 e. The molecule has 204 valence electrons. The smallest absolute Gasteiger partial charge is 0.411 e. The van der Waals surface area contributed by atoms with E-state index in [1.165, 1.54) is 0 Å². The summed E-state index contributed by atoms with van der Waals surface area (Å²) in [5.41, 5.74) is 0.156. The van der Waals surface area contributed by atoms with Crippen molar-refractivity contribution in [3.63, 3.8) is 0 Å². The molecule has 39 heavy (non-hydrogen) atoms. The average molecular weight is 532 g/mol. The van der Waals surface area contributed by atoms with Crippen molar-refractivity contribution >= 4 is 18.0 Å². The van der Waals surface area contributed by atoms with Crippen LogP contribution in [0.25, 0.3) is 0 Å². The molecule has 0 bridgehead atoms. The number of nitrogens with one attached hydrogen (secondary N) is 2. The number of esters is 2. The second kappa shape index (κ2) is 14.1. The topological polar surface area (TPSA) is 106 Å². The van der Waals surface area contributed by atoms with Crippen LogP contribution in [-0.4, -0.2) is 61.2 Å². The van der Waals surface area contributed by atoms with Gasteiger partial charge in [0.25, 0.3) is 5.54 Å². The van der Waals surface area contributed by atoms with E-state index in [9.17, 15) is 14.4 Å². The van der Waals surface area contributed by atoms with E-state index in [4.69, 9.17) is 14.2 Å². The molecular formula is C30H33N3O6. The summed E-state index contributed by atoms with van der Waals surface area (Å²) >= 11 is 0. The summed E-state index contributed by atoms with van der Waals surface area (Å²) in [6.45, 7) is 1.05. The van der Waals surface area contributed by atoms with Crippen LogP contribution in [0.1, 0.15) is 16.7 Å². The number of carbonyl (C=O) groups is 3. The van der Waals surface area contributed by atoms with Crippen molar-refractivity contribution in [2.24, 2.45) is 0 Å². The predicted molar refractivity (Wildman–Crippen MR) is 144 cm³/mol. The lowest BCUT2D eigenvalue weighted by Crippen LogP contribution is -2.68. The van der Waals surface area contributed by atoms with Crippen molar-refractivity contribution in [1.29, 1.82) is 0 Å². The van der Waals surface area contributed by atoms with Crippen LogP contribution in [0, 0.1) is 0 Å². The van der Waals surface area contributed by atoms with E-state index in [1.807, 2.05) is 91.0 Å². The van der Waals surface area contributed by atoms with Crippen LogP contribution in [0.2, 0.25) is 0 Å². The number of nitrogens with zero attached hydrogens (tertiary/aromatic N) is 1. The molecule has 3 aromatic carbocycles. The van der Waals surface area contributed by atoms with E-state index >= 15 is 0 Å². The Hall–Kier alpha value is -4.21. The zero-order valence-electron chi connectivity index (χ0n) is 21.7. The molecule has 0 aromatic heterocycles. The first-order valence-corrected chi connectivity index (χ1v) is 12.9. The van der Waals surface area contributed by atoms with Crippen molar-refractivity contribution in [2.45, 2.75) is 25.4 Å². The second-order valence-electron chi connectivity index (χ2n) is 9.10. The Kier molecular flexibility index (Phi) is 10.0. The lowest BCUT2D eigenvalue weighted by molar-refractivity contribution is -0.175. The standard InChI is InChI=1S/C30H33N3O6/c34-27(37-20-24-10-4-1-5-11-24)30(28(35)38-21-25-12-6-2-7-13-25)23-32-17-16-31-18-19-33(30)29(36)39-22-26-14-8-3-9-15-26/h1-15,31-32H,16-23H2. The number of rotatable bonds is 8. The SMILES string of the molecule is O=C(OCc1ccccc1)N1CCNCCNCC1(C(=O)OCc1ccccc1)C(=O)OCc1ccccc1. The molecule has 0 spiro atoms. The van der Waals surface area contributed by atoms with E-state index in [0.717, 1.165) is 21.6 Å². The van der Waals surface area contributed by atoms with E-state index in [0.29, 0.717) is 19.6 Å². The minimum Gasteiger partial charge on any atom is -0.459 e. The number of benzene rings is 3. The molecule has 0 radical (unpaired) electrons. The Labute approximate surface area is 228 Å². The van der Waals surface area contributed by atoms with Crippen LogP contribution in [-0.2, 0) is 43.6 Å². The maximum atomic E-state index is 13.9. The van der Waals surface area contributed by atoms with Gasteiger partial charge in [0.2, 0.25) is 0 Å². The molecular weight excluding hydrogens is 498 g/mol. The second-order valence-corrected chi connectivity index (χ2v) is 9.10. The fourth-order valence-electron chi connectivity index (χ4n) is 4.23. The minimum atomic E-state index is -2.11. The Balaban J connectivity index is 1.64. The van der Waals surface area contributed by atoms with Gasteiger partial charge in [-0.3, -0.25) is 4.90 Å². The lowest BCUT2D eigenvalue weighted by atomic mass is 9.96. The maximum absolute atomic E-state index is 13.9. The van der Waals surface area contributed by atoms with E-state index < -0.39 is 23.6 Å². The third-order valence-corrected chi connectivity index (χ3v) is 6.36. The highest BCUT2D eigenvalue weighted by molar-refractivity contribution is 6.07. The van der Waals surface area contributed by atoms with Crippen LogP contribution >= 0.6 is 0 Å². The van der Waals surface area contributed by atoms with Crippen LogP contribution < -0.4 is 10.6 Å². The van der Waals surface area contributed by atoms with Gasteiger partial charge in [-0.25, -0.2) is 14.4 Å².